The molecule has 0 aliphatic heterocycles. The van der Waals surface area contributed by atoms with E-state index < -0.39 is 6.23 Å². The molecule has 0 spiro atoms. The minimum absolute atomic E-state index is 0. The molecule has 0 rings (SSSR count). The molecule has 0 aliphatic carbocycles. The molecule has 4 heteroatoms. The summed E-state index contributed by atoms with van der Waals surface area (Å²) in [5.41, 5.74) is 5.23. The molecule has 0 amide bonds. The second-order valence-electron chi connectivity index (χ2n) is 1.56. The fourth-order valence-corrected chi connectivity index (χ4v) is 0.297. The third-order valence-corrected chi connectivity index (χ3v) is 0.720. The molecule has 9 heavy (non-hydrogen) atoms. The van der Waals surface area contributed by atoms with E-state index in [2.05, 4.69) is 4.74 Å². The van der Waals surface area contributed by atoms with Crippen molar-refractivity contribution < 1.29 is 26.0 Å². The number of esters is 1. The van der Waals surface area contributed by atoms with Crippen molar-refractivity contribution in [3.8, 4) is 0 Å². The Balaban J connectivity index is 0. The fourth-order valence-electron chi connectivity index (χ4n) is 0.297. The Morgan fingerprint density at radius 1 is 1.78 bits per heavy atom. The molecule has 0 heterocycles. The van der Waals surface area contributed by atoms with E-state index in [1.165, 1.54) is 6.92 Å². The molecule has 1 atom stereocenters. The predicted octanol–water partition coefficient (Wildman–Crippen LogP) is 0.242. The number of nitrogens with two attached hydrogens (primary N) is 1. The summed E-state index contributed by atoms with van der Waals surface area (Å²) in [5, 5.41) is 0. The summed E-state index contributed by atoms with van der Waals surface area (Å²) in [6.45, 7) is 3.20. The van der Waals surface area contributed by atoms with E-state index in [1.54, 1.807) is 0 Å². The van der Waals surface area contributed by atoms with Crippen LogP contribution >= 0.6 is 0 Å². The Hall–Kier alpha value is -0.0765. The summed E-state index contributed by atoms with van der Waals surface area (Å²) < 4.78 is 4.54. The van der Waals surface area contributed by atoms with E-state index in [0.29, 0.717) is 6.42 Å². The van der Waals surface area contributed by atoms with Crippen LogP contribution in [0.2, 0.25) is 0 Å². The first-order valence-electron chi connectivity index (χ1n) is 2.59. The summed E-state index contributed by atoms with van der Waals surface area (Å²) in [6.07, 6.45) is 0.243. The average Bonchev–Trinajstić information content (AvgIpc) is 1.65. The van der Waals surface area contributed by atoms with Crippen LogP contribution in [0.3, 0.4) is 0 Å². The molecule has 0 aromatic rings. The molecule has 0 radical (unpaired) electrons. The van der Waals surface area contributed by atoms with Crippen molar-refractivity contribution in [1.29, 1.82) is 0 Å². The number of rotatable bonds is 2. The van der Waals surface area contributed by atoms with E-state index >= 15 is 0 Å². The Morgan fingerprint density at radius 2 is 2.22 bits per heavy atom. The molecule has 1 unspecified atom stereocenters. The van der Waals surface area contributed by atoms with Crippen LogP contribution in [0.15, 0.2) is 0 Å². The van der Waals surface area contributed by atoms with Gasteiger partial charge in [-0.05, 0) is 6.42 Å². The van der Waals surface area contributed by atoms with Gasteiger partial charge in [0.1, 0.15) is 0 Å². The molecule has 0 saturated carbocycles. The maximum atomic E-state index is 10.1. The summed E-state index contributed by atoms with van der Waals surface area (Å²) in [7, 11) is 0. The molecule has 0 fully saturated rings. The zero-order chi connectivity index (χ0) is 6.57. The van der Waals surface area contributed by atoms with Gasteiger partial charge in [0.2, 0.25) is 0 Å². The van der Waals surface area contributed by atoms with Crippen LogP contribution in [0.25, 0.3) is 0 Å². The molecule has 0 bridgehead atoms. The van der Waals surface area contributed by atoms with Gasteiger partial charge in [0.15, 0.2) is 6.23 Å². The molecule has 58 valence electrons. The molecule has 0 aliphatic rings. The average molecular weight is 176 g/mol. The largest absolute Gasteiger partial charge is 0.447 e. The quantitative estimate of drug-likeness (QED) is 0.372. The zero-order valence-electron chi connectivity index (χ0n) is 5.49. The van der Waals surface area contributed by atoms with Crippen LogP contribution in [-0.4, -0.2) is 12.2 Å². The van der Waals surface area contributed by atoms with Gasteiger partial charge < -0.3 is 4.74 Å². The van der Waals surface area contributed by atoms with Gasteiger partial charge in [-0.3, -0.25) is 10.5 Å². The van der Waals surface area contributed by atoms with Gasteiger partial charge in [0, 0.05) is 23.4 Å². The first-order chi connectivity index (χ1) is 3.66. The second kappa shape index (κ2) is 6.05. The van der Waals surface area contributed by atoms with E-state index in [0.717, 1.165) is 0 Å². The van der Waals surface area contributed by atoms with Crippen molar-refractivity contribution in [3.63, 3.8) is 0 Å². The maximum absolute atomic E-state index is 10.1. The second-order valence-corrected chi connectivity index (χ2v) is 1.56. The monoisotopic (exact) mass is 175 g/mol. The van der Waals surface area contributed by atoms with Crippen molar-refractivity contribution in [2.75, 3.05) is 0 Å². The Morgan fingerprint density at radius 3 is 2.33 bits per heavy atom. The van der Waals surface area contributed by atoms with Crippen LogP contribution in [0.1, 0.15) is 20.3 Å². The molecular weight excluding hydrogens is 165 g/mol. The topological polar surface area (TPSA) is 52.3 Å². The third-order valence-electron chi connectivity index (χ3n) is 0.720. The fraction of sp³-hybridized carbons (Fsp3) is 0.800. The number of carbonyl (C=O) groups is 1. The first kappa shape index (κ1) is 11.7. The first-order valence-corrected chi connectivity index (χ1v) is 2.59. The van der Waals surface area contributed by atoms with Crippen molar-refractivity contribution >= 4 is 5.97 Å². The predicted molar refractivity (Wildman–Crippen MR) is 30.0 cm³/mol. The summed E-state index contributed by atoms with van der Waals surface area (Å²) in [6, 6.07) is 0. The van der Waals surface area contributed by atoms with E-state index in [9.17, 15) is 4.79 Å². The van der Waals surface area contributed by atoms with Crippen LogP contribution in [0.5, 0.6) is 0 Å². The van der Waals surface area contributed by atoms with Gasteiger partial charge in [-0.15, -0.1) is 0 Å². The summed E-state index contributed by atoms with van der Waals surface area (Å²) in [4.78, 5) is 10.1. The molecule has 0 saturated heterocycles. The SMILES string of the molecule is CCC(N)OC(C)=O.[Ni]. The van der Waals surface area contributed by atoms with Gasteiger partial charge in [-0.2, -0.15) is 0 Å². The smallest absolute Gasteiger partial charge is 0.304 e. The summed E-state index contributed by atoms with van der Waals surface area (Å²) >= 11 is 0. The maximum Gasteiger partial charge on any atom is 0.304 e. The van der Waals surface area contributed by atoms with Crippen LogP contribution in [-0.2, 0) is 26.0 Å². The van der Waals surface area contributed by atoms with Crippen LogP contribution in [0, 0.1) is 0 Å². The van der Waals surface area contributed by atoms with E-state index in [4.69, 9.17) is 5.73 Å². The molecule has 0 aromatic heterocycles. The molecule has 2 N–H and O–H groups in total. The number of ether oxygens (including phenoxy) is 1. The molecule has 3 nitrogen and oxygen atoms in total. The Kier molecular flexibility index (Phi) is 7.86. The van der Waals surface area contributed by atoms with Gasteiger partial charge in [-0.1, -0.05) is 6.92 Å². The van der Waals surface area contributed by atoms with Gasteiger partial charge in [0.25, 0.3) is 0 Å². The van der Waals surface area contributed by atoms with Crippen LogP contribution < -0.4 is 5.73 Å². The standard InChI is InChI=1S/C5H11NO2.Ni/c1-3-5(6)8-4(2)7;/h5H,3,6H2,1-2H3;. The van der Waals surface area contributed by atoms with Gasteiger partial charge in [0.05, 0.1) is 0 Å². The third kappa shape index (κ3) is 7.92. The molecular formula is C5H11NNiO2. The Bertz CT molecular complexity index is 87.0. The van der Waals surface area contributed by atoms with E-state index in [1.807, 2.05) is 6.92 Å². The van der Waals surface area contributed by atoms with Gasteiger partial charge in [-0.25, -0.2) is 0 Å². The van der Waals surface area contributed by atoms with Crippen molar-refractivity contribution in [2.45, 2.75) is 26.5 Å². The van der Waals surface area contributed by atoms with Crippen LogP contribution in [0.4, 0.5) is 0 Å². The van der Waals surface area contributed by atoms with Gasteiger partial charge >= 0.3 is 5.97 Å². The minimum atomic E-state index is -0.424. The normalized spacial score (nSPS) is 11.4. The summed E-state index contributed by atoms with van der Waals surface area (Å²) in [5.74, 6) is -0.320. The van der Waals surface area contributed by atoms with Crippen molar-refractivity contribution in [3.05, 3.63) is 0 Å². The van der Waals surface area contributed by atoms with Crippen molar-refractivity contribution in [1.82, 2.24) is 0 Å². The number of hydrogen-bond donors (Lipinski definition) is 1. The van der Waals surface area contributed by atoms with Crippen molar-refractivity contribution in [2.24, 2.45) is 5.73 Å². The number of carbonyl (C=O) groups excluding carboxylic acids is 1. The zero-order valence-corrected chi connectivity index (χ0v) is 6.48. The minimum Gasteiger partial charge on any atom is -0.447 e. The van der Waals surface area contributed by atoms with E-state index in [-0.39, 0.29) is 22.5 Å². The molecule has 0 aromatic carbocycles. The number of hydrogen-bond acceptors (Lipinski definition) is 3. The Labute approximate surface area is 64.9 Å².